The summed E-state index contributed by atoms with van der Waals surface area (Å²) in [7, 11) is 1.56. The van der Waals surface area contributed by atoms with Crippen LogP contribution in [0.15, 0.2) is 30.4 Å². The predicted octanol–water partition coefficient (Wildman–Crippen LogP) is 1.58. The summed E-state index contributed by atoms with van der Waals surface area (Å²) in [4.78, 5) is 21.6. The Balaban J connectivity index is 2.75. The summed E-state index contributed by atoms with van der Waals surface area (Å²) >= 11 is 0. The Morgan fingerprint density at radius 2 is 2.06 bits per heavy atom. The Morgan fingerprint density at radius 3 is 2.59 bits per heavy atom. The van der Waals surface area contributed by atoms with Gasteiger partial charge in [-0.25, -0.2) is 4.79 Å². The fraction of sp³-hybridized carbons (Fsp3) is 0.167. The molecule has 1 amide bonds. The van der Waals surface area contributed by atoms with E-state index in [9.17, 15) is 9.59 Å². The fourth-order valence-corrected chi connectivity index (χ4v) is 1.22. The van der Waals surface area contributed by atoms with E-state index in [1.165, 1.54) is 0 Å². The van der Waals surface area contributed by atoms with Crippen molar-refractivity contribution in [1.82, 2.24) is 0 Å². The van der Waals surface area contributed by atoms with Crippen molar-refractivity contribution in [2.75, 3.05) is 12.4 Å². The Morgan fingerprint density at radius 1 is 1.35 bits per heavy atom. The van der Waals surface area contributed by atoms with E-state index in [1.54, 1.807) is 25.3 Å². The highest BCUT2D eigenvalue weighted by molar-refractivity contribution is 6.02. The monoisotopic (exact) mass is 235 g/mol. The fourth-order valence-electron chi connectivity index (χ4n) is 1.22. The van der Waals surface area contributed by atoms with Gasteiger partial charge < -0.3 is 15.2 Å². The second kappa shape index (κ2) is 5.69. The number of hydrogen-bond donors (Lipinski definition) is 2. The molecule has 2 N–H and O–H groups in total. The number of aryl methyl sites for hydroxylation is 1. The number of amides is 1. The summed E-state index contributed by atoms with van der Waals surface area (Å²) in [6, 6.07) is 5.18. The summed E-state index contributed by atoms with van der Waals surface area (Å²) < 4.78 is 5.03. The molecule has 90 valence electrons. The molecule has 17 heavy (non-hydrogen) atoms. The zero-order chi connectivity index (χ0) is 12.8. The topological polar surface area (TPSA) is 75.6 Å². The second-order valence-electron chi connectivity index (χ2n) is 3.34. The van der Waals surface area contributed by atoms with Gasteiger partial charge in [-0.05, 0) is 30.7 Å². The highest BCUT2D eigenvalue weighted by Gasteiger charge is 2.03. The molecule has 0 saturated carbocycles. The molecule has 0 aliphatic heterocycles. The third kappa shape index (κ3) is 3.98. The number of rotatable bonds is 4. The standard InChI is InChI=1S/C12H13NO4/c1-8-7-9(17-2)3-4-10(8)13-11(14)5-6-12(15)16/h3-7H,1-2H3,(H,13,14)(H,15,16). The van der Waals surface area contributed by atoms with Crippen LogP contribution in [0, 0.1) is 6.92 Å². The van der Waals surface area contributed by atoms with E-state index < -0.39 is 11.9 Å². The Kier molecular flexibility index (Phi) is 4.28. The van der Waals surface area contributed by atoms with Gasteiger partial charge in [-0.15, -0.1) is 0 Å². The lowest BCUT2D eigenvalue weighted by Gasteiger charge is -2.08. The third-order valence-electron chi connectivity index (χ3n) is 2.07. The third-order valence-corrected chi connectivity index (χ3v) is 2.07. The number of carboxylic acid groups (broad SMARTS) is 1. The molecule has 5 nitrogen and oxygen atoms in total. The van der Waals surface area contributed by atoms with Gasteiger partial charge in [0.2, 0.25) is 5.91 Å². The van der Waals surface area contributed by atoms with E-state index in [1.807, 2.05) is 6.92 Å². The minimum absolute atomic E-state index is 0.485. The number of carbonyl (C=O) groups excluding carboxylic acids is 1. The van der Waals surface area contributed by atoms with Gasteiger partial charge >= 0.3 is 5.97 Å². The first-order valence-corrected chi connectivity index (χ1v) is 4.89. The molecule has 1 aromatic carbocycles. The van der Waals surface area contributed by atoms with Gasteiger partial charge in [0.25, 0.3) is 0 Å². The smallest absolute Gasteiger partial charge is 0.328 e. The molecule has 0 spiro atoms. The predicted molar refractivity (Wildman–Crippen MR) is 63.1 cm³/mol. The Hall–Kier alpha value is -2.30. The number of methoxy groups -OCH3 is 1. The van der Waals surface area contributed by atoms with Gasteiger partial charge in [-0.2, -0.15) is 0 Å². The van der Waals surface area contributed by atoms with E-state index in [0.29, 0.717) is 11.4 Å². The number of benzene rings is 1. The van der Waals surface area contributed by atoms with Crippen LogP contribution in [0.25, 0.3) is 0 Å². The molecule has 0 aliphatic rings. The van der Waals surface area contributed by atoms with Crippen LogP contribution in [-0.4, -0.2) is 24.1 Å². The van der Waals surface area contributed by atoms with E-state index in [-0.39, 0.29) is 0 Å². The second-order valence-corrected chi connectivity index (χ2v) is 3.34. The van der Waals surface area contributed by atoms with Crippen molar-refractivity contribution in [3.05, 3.63) is 35.9 Å². The maximum Gasteiger partial charge on any atom is 0.328 e. The first-order chi connectivity index (χ1) is 8.02. The SMILES string of the molecule is COc1ccc(NC(=O)C=CC(=O)O)c(C)c1. The average Bonchev–Trinajstić information content (AvgIpc) is 2.29. The van der Waals surface area contributed by atoms with Crippen LogP contribution in [0.3, 0.4) is 0 Å². The van der Waals surface area contributed by atoms with Crippen LogP contribution in [-0.2, 0) is 9.59 Å². The van der Waals surface area contributed by atoms with Gasteiger partial charge in [0, 0.05) is 17.8 Å². The van der Waals surface area contributed by atoms with E-state index in [2.05, 4.69) is 5.32 Å². The van der Waals surface area contributed by atoms with Crippen LogP contribution < -0.4 is 10.1 Å². The first kappa shape index (κ1) is 12.8. The zero-order valence-electron chi connectivity index (χ0n) is 9.56. The van der Waals surface area contributed by atoms with Crippen molar-refractivity contribution >= 4 is 17.6 Å². The maximum absolute atomic E-state index is 11.3. The summed E-state index contributed by atoms with van der Waals surface area (Å²) in [5, 5.41) is 10.9. The van der Waals surface area contributed by atoms with Crippen molar-refractivity contribution in [3.63, 3.8) is 0 Å². The van der Waals surface area contributed by atoms with Crippen LogP contribution in [0.4, 0.5) is 5.69 Å². The molecule has 1 rings (SSSR count). The number of aliphatic carboxylic acids is 1. The Labute approximate surface area is 98.7 Å². The number of carboxylic acids is 1. The van der Waals surface area contributed by atoms with Crippen LogP contribution in [0.2, 0.25) is 0 Å². The molecular weight excluding hydrogens is 222 g/mol. The van der Waals surface area contributed by atoms with Gasteiger partial charge in [0.15, 0.2) is 0 Å². The van der Waals surface area contributed by atoms with Crippen LogP contribution in [0.5, 0.6) is 5.75 Å². The molecule has 0 radical (unpaired) electrons. The lowest BCUT2D eigenvalue weighted by molar-refractivity contribution is -0.131. The minimum atomic E-state index is -1.16. The van der Waals surface area contributed by atoms with Crippen molar-refractivity contribution in [1.29, 1.82) is 0 Å². The summed E-state index contributed by atoms with van der Waals surface area (Å²) in [6.07, 6.45) is 1.75. The highest BCUT2D eigenvalue weighted by atomic mass is 16.5. The highest BCUT2D eigenvalue weighted by Crippen LogP contribution is 2.20. The van der Waals surface area contributed by atoms with Crippen LogP contribution >= 0.6 is 0 Å². The van der Waals surface area contributed by atoms with Crippen molar-refractivity contribution in [3.8, 4) is 5.75 Å². The lowest BCUT2D eigenvalue weighted by atomic mass is 10.2. The van der Waals surface area contributed by atoms with Gasteiger partial charge in [-0.3, -0.25) is 4.79 Å². The number of anilines is 1. The van der Waals surface area contributed by atoms with Gasteiger partial charge in [0.05, 0.1) is 7.11 Å². The largest absolute Gasteiger partial charge is 0.497 e. The van der Waals surface area contributed by atoms with Crippen molar-refractivity contribution in [2.45, 2.75) is 6.92 Å². The van der Waals surface area contributed by atoms with Gasteiger partial charge in [0.1, 0.15) is 5.75 Å². The number of nitrogens with one attached hydrogen (secondary N) is 1. The average molecular weight is 235 g/mol. The zero-order valence-corrected chi connectivity index (χ0v) is 9.56. The molecule has 5 heteroatoms. The number of ether oxygens (including phenoxy) is 1. The number of hydrogen-bond acceptors (Lipinski definition) is 3. The molecule has 0 fully saturated rings. The molecule has 0 aromatic heterocycles. The quantitative estimate of drug-likeness (QED) is 0.777. The molecule has 0 saturated heterocycles. The molecule has 0 bridgehead atoms. The Bertz CT molecular complexity index is 466. The number of carbonyl (C=O) groups is 2. The van der Waals surface area contributed by atoms with Crippen LogP contribution in [0.1, 0.15) is 5.56 Å². The summed E-state index contributed by atoms with van der Waals surface area (Å²) in [6.45, 7) is 1.82. The lowest BCUT2D eigenvalue weighted by Crippen LogP contribution is -2.09. The minimum Gasteiger partial charge on any atom is -0.497 e. The van der Waals surface area contributed by atoms with E-state index >= 15 is 0 Å². The molecule has 0 heterocycles. The molecule has 0 unspecified atom stereocenters. The van der Waals surface area contributed by atoms with Crippen molar-refractivity contribution in [2.24, 2.45) is 0 Å². The van der Waals surface area contributed by atoms with Gasteiger partial charge in [-0.1, -0.05) is 0 Å². The maximum atomic E-state index is 11.3. The first-order valence-electron chi connectivity index (χ1n) is 4.89. The molecule has 1 aromatic rings. The summed E-state index contributed by atoms with van der Waals surface area (Å²) in [5.74, 6) is -0.950. The molecule has 0 aliphatic carbocycles. The van der Waals surface area contributed by atoms with E-state index in [0.717, 1.165) is 17.7 Å². The van der Waals surface area contributed by atoms with E-state index in [4.69, 9.17) is 9.84 Å². The molecule has 0 atom stereocenters. The molecular formula is C12H13NO4. The van der Waals surface area contributed by atoms with Crippen molar-refractivity contribution < 1.29 is 19.4 Å². The summed E-state index contributed by atoms with van der Waals surface area (Å²) in [5.41, 5.74) is 1.45. The normalized spacial score (nSPS) is 10.2.